The van der Waals surface area contributed by atoms with Gasteiger partial charge in [-0.05, 0) is 59.5 Å². The summed E-state index contributed by atoms with van der Waals surface area (Å²) in [5.74, 6) is 0.480. The monoisotopic (exact) mass is 375 g/mol. The molecule has 5 heteroatoms. The van der Waals surface area contributed by atoms with Crippen molar-refractivity contribution in [2.24, 2.45) is 0 Å². The van der Waals surface area contributed by atoms with E-state index in [0.29, 0.717) is 11.4 Å². The lowest BCUT2D eigenvalue weighted by Gasteiger charge is -2.19. The largest absolute Gasteiger partial charge is 0.497 e. The minimum atomic E-state index is -0.258. The minimum Gasteiger partial charge on any atom is -0.497 e. The molecule has 0 saturated heterocycles. The quantitative estimate of drug-likeness (QED) is 0.628. The third-order valence-electron chi connectivity index (χ3n) is 4.38. The van der Waals surface area contributed by atoms with Crippen LogP contribution in [-0.2, 0) is 5.41 Å². The van der Waals surface area contributed by atoms with Crippen LogP contribution in [0.1, 0.15) is 36.8 Å². The Hall–Kier alpha value is -3.34. The van der Waals surface area contributed by atoms with Crippen molar-refractivity contribution in [1.29, 1.82) is 0 Å². The summed E-state index contributed by atoms with van der Waals surface area (Å²) in [6, 6.07) is 19.0. The molecule has 3 aromatic rings. The van der Waals surface area contributed by atoms with Crippen molar-refractivity contribution in [3.8, 4) is 5.75 Å². The Labute approximate surface area is 165 Å². The predicted molar refractivity (Wildman–Crippen MR) is 114 cm³/mol. The first-order valence-corrected chi connectivity index (χ1v) is 9.14. The SMILES string of the molecule is COc1ccc(NC(=O)c2ccc(Nc3ccc(C(C)(C)C)cc3)cn2)cc1. The number of pyridine rings is 1. The number of nitrogens with one attached hydrogen (secondary N) is 2. The number of hydrogen-bond acceptors (Lipinski definition) is 4. The molecule has 5 nitrogen and oxygen atoms in total. The van der Waals surface area contributed by atoms with Crippen LogP contribution in [0.5, 0.6) is 5.75 Å². The van der Waals surface area contributed by atoms with Gasteiger partial charge in [0.25, 0.3) is 5.91 Å². The Balaban J connectivity index is 1.63. The Morgan fingerprint density at radius 1 is 0.857 bits per heavy atom. The van der Waals surface area contributed by atoms with Crippen molar-refractivity contribution in [2.75, 3.05) is 17.7 Å². The number of anilines is 3. The molecule has 144 valence electrons. The highest BCUT2D eigenvalue weighted by atomic mass is 16.5. The molecule has 1 amide bonds. The summed E-state index contributed by atoms with van der Waals surface area (Å²) in [6.07, 6.45) is 1.65. The first-order valence-electron chi connectivity index (χ1n) is 9.14. The highest BCUT2D eigenvalue weighted by Gasteiger charge is 2.13. The molecule has 0 fully saturated rings. The maximum atomic E-state index is 12.3. The van der Waals surface area contributed by atoms with Gasteiger partial charge in [-0.3, -0.25) is 4.79 Å². The summed E-state index contributed by atoms with van der Waals surface area (Å²) in [4.78, 5) is 16.6. The van der Waals surface area contributed by atoms with Gasteiger partial charge in [-0.1, -0.05) is 32.9 Å². The van der Waals surface area contributed by atoms with Crippen LogP contribution in [-0.4, -0.2) is 18.0 Å². The summed E-state index contributed by atoms with van der Waals surface area (Å²) in [5.41, 5.74) is 4.24. The fourth-order valence-corrected chi connectivity index (χ4v) is 2.69. The van der Waals surface area contributed by atoms with Gasteiger partial charge in [0.15, 0.2) is 0 Å². The number of methoxy groups -OCH3 is 1. The molecule has 0 unspecified atom stereocenters. The van der Waals surface area contributed by atoms with Crippen LogP contribution in [0.15, 0.2) is 66.9 Å². The normalized spacial score (nSPS) is 11.0. The molecule has 0 aliphatic rings. The van der Waals surface area contributed by atoms with Crippen LogP contribution in [0, 0.1) is 0 Å². The molecule has 0 bridgehead atoms. The van der Waals surface area contributed by atoms with E-state index in [9.17, 15) is 4.79 Å². The second kappa shape index (κ2) is 8.13. The van der Waals surface area contributed by atoms with E-state index in [-0.39, 0.29) is 11.3 Å². The number of hydrogen-bond donors (Lipinski definition) is 2. The highest BCUT2D eigenvalue weighted by molar-refractivity contribution is 6.03. The molecule has 0 aliphatic carbocycles. The van der Waals surface area contributed by atoms with E-state index in [2.05, 4.69) is 48.5 Å². The fourth-order valence-electron chi connectivity index (χ4n) is 2.69. The van der Waals surface area contributed by atoms with Crippen LogP contribution < -0.4 is 15.4 Å². The number of aromatic nitrogens is 1. The van der Waals surface area contributed by atoms with Gasteiger partial charge in [0, 0.05) is 11.4 Å². The third kappa shape index (κ3) is 4.88. The summed E-state index contributed by atoms with van der Waals surface area (Å²) in [7, 11) is 1.60. The zero-order valence-corrected chi connectivity index (χ0v) is 16.6. The molecule has 0 saturated carbocycles. The third-order valence-corrected chi connectivity index (χ3v) is 4.38. The van der Waals surface area contributed by atoms with Gasteiger partial charge >= 0.3 is 0 Å². The molecule has 0 radical (unpaired) electrons. The van der Waals surface area contributed by atoms with Crippen LogP contribution in [0.3, 0.4) is 0 Å². The smallest absolute Gasteiger partial charge is 0.274 e. The van der Waals surface area contributed by atoms with Crippen LogP contribution in [0.2, 0.25) is 0 Å². The highest BCUT2D eigenvalue weighted by Crippen LogP contribution is 2.25. The number of rotatable bonds is 5. The van der Waals surface area contributed by atoms with Crippen molar-refractivity contribution in [2.45, 2.75) is 26.2 Å². The number of ether oxygens (including phenoxy) is 1. The lowest BCUT2D eigenvalue weighted by molar-refractivity contribution is 0.102. The number of carbonyl (C=O) groups excluding carboxylic acids is 1. The fraction of sp³-hybridized carbons (Fsp3) is 0.217. The van der Waals surface area contributed by atoms with Crippen LogP contribution in [0.4, 0.5) is 17.1 Å². The van der Waals surface area contributed by atoms with Crippen molar-refractivity contribution >= 4 is 23.0 Å². The molecule has 0 aliphatic heterocycles. The van der Waals surface area contributed by atoms with Gasteiger partial charge in [-0.25, -0.2) is 4.98 Å². The lowest BCUT2D eigenvalue weighted by Crippen LogP contribution is -2.13. The van der Waals surface area contributed by atoms with Crippen molar-refractivity contribution in [3.63, 3.8) is 0 Å². The Kier molecular flexibility index (Phi) is 5.64. The number of carbonyl (C=O) groups is 1. The molecule has 3 rings (SSSR count). The number of amides is 1. The van der Waals surface area contributed by atoms with Crippen molar-refractivity contribution in [1.82, 2.24) is 4.98 Å². The molecule has 2 aromatic carbocycles. The van der Waals surface area contributed by atoms with Gasteiger partial charge in [0.2, 0.25) is 0 Å². The van der Waals surface area contributed by atoms with Crippen molar-refractivity contribution in [3.05, 3.63) is 78.1 Å². The maximum absolute atomic E-state index is 12.3. The molecular weight excluding hydrogens is 350 g/mol. The lowest BCUT2D eigenvalue weighted by atomic mass is 9.87. The molecule has 1 heterocycles. The average Bonchev–Trinajstić information content (AvgIpc) is 2.69. The standard InChI is InChI=1S/C23H25N3O2/c1-23(2,3)16-5-7-17(8-6-16)25-19-11-14-21(24-15-19)22(27)26-18-9-12-20(28-4)13-10-18/h5-15,25H,1-4H3,(H,26,27). The van der Waals surface area contributed by atoms with E-state index in [1.54, 1.807) is 43.6 Å². The molecule has 0 atom stereocenters. The van der Waals surface area contributed by atoms with E-state index in [1.807, 2.05) is 18.2 Å². The van der Waals surface area contributed by atoms with Gasteiger partial charge in [0.05, 0.1) is 19.0 Å². The van der Waals surface area contributed by atoms with E-state index >= 15 is 0 Å². The molecular formula is C23H25N3O2. The first-order chi connectivity index (χ1) is 13.3. The summed E-state index contributed by atoms with van der Waals surface area (Å²) < 4.78 is 5.11. The second-order valence-electron chi connectivity index (χ2n) is 7.57. The summed E-state index contributed by atoms with van der Waals surface area (Å²) in [5, 5.41) is 6.12. The van der Waals surface area contributed by atoms with Crippen LogP contribution in [0.25, 0.3) is 0 Å². The van der Waals surface area contributed by atoms with Crippen LogP contribution >= 0.6 is 0 Å². The van der Waals surface area contributed by atoms with Gasteiger partial charge in [-0.15, -0.1) is 0 Å². The Morgan fingerprint density at radius 3 is 2.00 bits per heavy atom. The first kappa shape index (κ1) is 19.4. The molecule has 28 heavy (non-hydrogen) atoms. The van der Waals surface area contributed by atoms with E-state index in [0.717, 1.165) is 17.1 Å². The summed E-state index contributed by atoms with van der Waals surface area (Å²) in [6.45, 7) is 6.57. The average molecular weight is 375 g/mol. The zero-order chi connectivity index (χ0) is 20.1. The minimum absolute atomic E-state index is 0.124. The van der Waals surface area contributed by atoms with E-state index < -0.39 is 0 Å². The van der Waals surface area contributed by atoms with Gasteiger partial charge in [-0.2, -0.15) is 0 Å². The van der Waals surface area contributed by atoms with E-state index in [1.165, 1.54) is 5.56 Å². The van der Waals surface area contributed by atoms with Gasteiger partial charge < -0.3 is 15.4 Å². The zero-order valence-electron chi connectivity index (χ0n) is 16.6. The Bertz CT molecular complexity index is 926. The van der Waals surface area contributed by atoms with Gasteiger partial charge in [0.1, 0.15) is 11.4 Å². The summed E-state index contributed by atoms with van der Waals surface area (Å²) >= 11 is 0. The topological polar surface area (TPSA) is 63.2 Å². The number of nitrogens with zero attached hydrogens (tertiary/aromatic N) is 1. The maximum Gasteiger partial charge on any atom is 0.274 e. The molecule has 2 N–H and O–H groups in total. The predicted octanol–water partition coefficient (Wildman–Crippen LogP) is 5.38. The molecule has 0 spiro atoms. The van der Waals surface area contributed by atoms with E-state index in [4.69, 9.17) is 4.74 Å². The Morgan fingerprint density at radius 2 is 1.46 bits per heavy atom. The number of benzene rings is 2. The second-order valence-corrected chi connectivity index (χ2v) is 7.57. The van der Waals surface area contributed by atoms with Crippen molar-refractivity contribution < 1.29 is 9.53 Å². The molecule has 1 aromatic heterocycles.